The van der Waals surface area contributed by atoms with Crippen LogP contribution in [0.5, 0.6) is 5.75 Å². The average molecular weight is 378 g/mol. The molecule has 1 aliphatic rings. The average Bonchev–Trinajstić information content (AvgIpc) is 2.88. The quantitative estimate of drug-likeness (QED) is 0.835. The molecule has 0 radical (unpaired) electrons. The molecule has 2 atom stereocenters. The SMILES string of the molecule is Cc1nn(C)c(C)c1OCC(=O)NC1CNCCC1c1ccc(F)c(F)c1. The molecular weight excluding hydrogens is 354 g/mol. The summed E-state index contributed by atoms with van der Waals surface area (Å²) in [6.45, 7) is 4.87. The number of benzene rings is 1. The Balaban J connectivity index is 1.65. The number of ether oxygens (including phenoxy) is 1. The highest BCUT2D eigenvalue weighted by Gasteiger charge is 2.28. The van der Waals surface area contributed by atoms with Crippen LogP contribution in [0, 0.1) is 25.5 Å². The Morgan fingerprint density at radius 1 is 1.37 bits per heavy atom. The first-order valence-corrected chi connectivity index (χ1v) is 8.95. The van der Waals surface area contributed by atoms with Gasteiger partial charge in [-0.05, 0) is 44.5 Å². The van der Waals surface area contributed by atoms with Gasteiger partial charge < -0.3 is 15.4 Å². The molecule has 1 aromatic heterocycles. The van der Waals surface area contributed by atoms with Crippen LogP contribution in [-0.2, 0) is 11.8 Å². The normalized spacial score (nSPS) is 19.7. The van der Waals surface area contributed by atoms with Crippen LogP contribution in [-0.4, -0.2) is 41.4 Å². The molecule has 2 N–H and O–H groups in total. The number of carbonyl (C=O) groups excluding carboxylic acids is 1. The topological polar surface area (TPSA) is 68.2 Å². The molecule has 6 nitrogen and oxygen atoms in total. The molecule has 1 aliphatic heterocycles. The Morgan fingerprint density at radius 2 is 2.15 bits per heavy atom. The van der Waals surface area contributed by atoms with Crippen LogP contribution >= 0.6 is 0 Å². The summed E-state index contributed by atoms with van der Waals surface area (Å²) < 4.78 is 34.2. The first-order valence-electron chi connectivity index (χ1n) is 8.95. The van der Waals surface area contributed by atoms with E-state index in [1.165, 1.54) is 6.07 Å². The summed E-state index contributed by atoms with van der Waals surface area (Å²) in [7, 11) is 1.81. The smallest absolute Gasteiger partial charge is 0.258 e. The fourth-order valence-corrected chi connectivity index (χ4v) is 3.50. The van der Waals surface area contributed by atoms with Gasteiger partial charge in [0.15, 0.2) is 24.0 Å². The molecular formula is C19H24F2N4O2. The summed E-state index contributed by atoms with van der Waals surface area (Å²) in [5, 5.41) is 10.4. The molecule has 1 amide bonds. The fourth-order valence-electron chi connectivity index (χ4n) is 3.50. The third-order valence-corrected chi connectivity index (χ3v) is 4.99. The van der Waals surface area contributed by atoms with E-state index >= 15 is 0 Å². The van der Waals surface area contributed by atoms with Gasteiger partial charge in [0, 0.05) is 25.6 Å². The third-order valence-electron chi connectivity index (χ3n) is 4.99. The molecule has 2 aromatic rings. The first-order chi connectivity index (χ1) is 12.9. The van der Waals surface area contributed by atoms with Crippen LogP contribution in [0.4, 0.5) is 8.78 Å². The van der Waals surface area contributed by atoms with Crippen molar-refractivity contribution in [1.29, 1.82) is 0 Å². The maximum Gasteiger partial charge on any atom is 0.258 e. The fraction of sp³-hybridized carbons (Fsp3) is 0.474. The maximum absolute atomic E-state index is 13.6. The van der Waals surface area contributed by atoms with Crippen molar-refractivity contribution in [1.82, 2.24) is 20.4 Å². The minimum absolute atomic E-state index is 0.0906. The largest absolute Gasteiger partial charge is 0.480 e. The van der Waals surface area contributed by atoms with Crippen LogP contribution in [0.15, 0.2) is 18.2 Å². The van der Waals surface area contributed by atoms with E-state index in [0.29, 0.717) is 17.9 Å². The molecule has 146 valence electrons. The van der Waals surface area contributed by atoms with E-state index in [9.17, 15) is 13.6 Å². The minimum Gasteiger partial charge on any atom is -0.480 e. The first kappa shape index (κ1) is 19.3. The van der Waals surface area contributed by atoms with Gasteiger partial charge >= 0.3 is 0 Å². The number of amides is 1. The van der Waals surface area contributed by atoms with Gasteiger partial charge in [0.05, 0.1) is 5.69 Å². The van der Waals surface area contributed by atoms with Gasteiger partial charge in [-0.1, -0.05) is 6.07 Å². The monoisotopic (exact) mass is 378 g/mol. The van der Waals surface area contributed by atoms with Crippen molar-refractivity contribution in [3.05, 3.63) is 46.8 Å². The summed E-state index contributed by atoms with van der Waals surface area (Å²) in [6, 6.07) is 3.69. The van der Waals surface area contributed by atoms with E-state index in [1.807, 2.05) is 20.9 Å². The number of nitrogens with one attached hydrogen (secondary N) is 2. The Bertz CT molecular complexity index is 837. The highest BCUT2D eigenvalue weighted by Crippen LogP contribution is 2.27. The zero-order valence-electron chi connectivity index (χ0n) is 15.7. The van der Waals surface area contributed by atoms with Gasteiger partial charge in [0.25, 0.3) is 5.91 Å². The lowest BCUT2D eigenvalue weighted by atomic mass is 9.86. The number of carbonyl (C=O) groups is 1. The van der Waals surface area contributed by atoms with E-state index in [4.69, 9.17) is 4.74 Å². The number of hydrogen-bond donors (Lipinski definition) is 2. The Kier molecular flexibility index (Phi) is 5.74. The van der Waals surface area contributed by atoms with Crippen LogP contribution in [0.1, 0.15) is 29.3 Å². The van der Waals surface area contributed by atoms with E-state index in [0.717, 1.165) is 30.4 Å². The van der Waals surface area contributed by atoms with Gasteiger partial charge in [-0.25, -0.2) is 8.78 Å². The van der Waals surface area contributed by atoms with Crippen molar-refractivity contribution in [3.8, 4) is 5.75 Å². The van der Waals surface area contributed by atoms with Crippen LogP contribution in [0.25, 0.3) is 0 Å². The second kappa shape index (κ2) is 8.04. The second-order valence-electron chi connectivity index (χ2n) is 6.86. The number of piperidine rings is 1. The van der Waals surface area contributed by atoms with E-state index in [2.05, 4.69) is 15.7 Å². The molecule has 1 fully saturated rings. The van der Waals surface area contributed by atoms with Crippen molar-refractivity contribution >= 4 is 5.91 Å². The number of aryl methyl sites for hydroxylation is 2. The number of halogens is 2. The zero-order valence-corrected chi connectivity index (χ0v) is 15.7. The lowest BCUT2D eigenvalue weighted by molar-refractivity contribution is -0.124. The van der Waals surface area contributed by atoms with Gasteiger partial charge in [0.1, 0.15) is 5.69 Å². The Morgan fingerprint density at radius 3 is 2.81 bits per heavy atom. The van der Waals surface area contributed by atoms with E-state index in [-0.39, 0.29) is 24.5 Å². The molecule has 1 saturated heterocycles. The maximum atomic E-state index is 13.6. The van der Waals surface area contributed by atoms with Gasteiger partial charge in [-0.3, -0.25) is 9.48 Å². The highest BCUT2D eigenvalue weighted by atomic mass is 19.2. The van der Waals surface area contributed by atoms with Crippen molar-refractivity contribution in [3.63, 3.8) is 0 Å². The van der Waals surface area contributed by atoms with Crippen molar-refractivity contribution in [2.75, 3.05) is 19.7 Å². The van der Waals surface area contributed by atoms with Gasteiger partial charge in [-0.2, -0.15) is 5.10 Å². The minimum atomic E-state index is -0.873. The molecule has 8 heteroatoms. The molecule has 0 bridgehead atoms. The summed E-state index contributed by atoms with van der Waals surface area (Å²) >= 11 is 0. The Hall–Kier alpha value is -2.48. The van der Waals surface area contributed by atoms with E-state index < -0.39 is 11.6 Å². The van der Waals surface area contributed by atoms with Crippen molar-refractivity contribution < 1.29 is 18.3 Å². The van der Waals surface area contributed by atoms with Gasteiger partial charge in [-0.15, -0.1) is 0 Å². The molecule has 0 saturated carbocycles. The van der Waals surface area contributed by atoms with Crippen LogP contribution in [0.2, 0.25) is 0 Å². The van der Waals surface area contributed by atoms with Crippen molar-refractivity contribution in [2.24, 2.45) is 7.05 Å². The summed E-state index contributed by atoms with van der Waals surface area (Å²) in [5.41, 5.74) is 2.25. The molecule has 2 heterocycles. The predicted molar refractivity (Wildman–Crippen MR) is 96.7 cm³/mol. The van der Waals surface area contributed by atoms with Gasteiger partial charge in [0.2, 0.25) is 0 Å². The lowest BCUT2D eigenvalue weighted by Gasteiger charge is -2.33. The molecule has 0 aliphatic carbocycles. The molecule has 0 spiro atoms. The molecule has 2 unspecified atom stereocenters. The standard InChI is InChI=1S/C19H24F2N4O2/c1-11-19(12(2)25(3)24-11)27-10-18(26)23-17-9-22-7-6-14(17)13-4-5-15(20)16(21)8-13/h4-5,8,14,17,22H,6-7,9-10H2,1-3H3,(H,23,26). The number of aromatic nitrogens is 2. The van der Waals surface area contributed by atoms with Crippen LogP contribution < -0.4 is 15.4 Å². The second-order valence-corrected chi connectivity index (χ2v) is 6.86. The summed E-state index contributed by atoms with van der Waals surface area (Å²) in [5.74, 6) is -1.50. The van der Waals surface area contributed by atoms with Crippen LogP contribution in [0.3, 0.4) is 0 Å². The summed E-state index contributed by atoms with van der Waals surface area (Å²) in [4.78, 5) is 12.4. The number of rotatable bonds is 5. The summed E-state index contributed by atoms with van der Waals surface area (Å²) in [6.07, 6.45) is 0.720. The number of hydrogen-bond acceptors (Lipinski definition) is 4. The van der Waals surface area contributed by atoms with Crippen molar-refractivity contribution in [2.45, 2.75) is 32.2 Å². The molecule has 27 heavy (non-hydrogen) atoms. The number of nitrogens with zero attached hydrogens (tertiary/aromatic N) is 2. The Labute approximate surface area is 156 Å². The third kappa shape index (κ3) is 4.27. The predicted octanol–water partition coefficient (Wildman–Crippen LogP) is 1.96. The molecule has 1 aromatic carbocycles. The lowest BCUT2D eigenvalue weighted by Crippen LogP contribution is -2.51. The van der Waals surface area contributed by atoms with E-state index in [1.54, 1.807) is 10.7 Å². The highest BCUT2D eigenvalue weighted by molar-refractivity contribution is 5.78. The zero-order chi connectivity index (χ0) is 19.6. The molecule has 3 rings (SSSR count).